The van der Waals surface area contributed by atoms with Gasteiger partial charge >= 0.3 is 0 Å². The maximum absolute atomic E-state index is 5.83. The lowest BCUT2D eigenvalue weighted by Gasteiger charge is -2.28. The van der Waals surface area contributed by atoms with Gasteiger partial charge in [0.1, 0.15) is 0 Å². The third-order valence-corrected chi connectivity index (χ3v) is 3.26. The first-order valence-corrected chi connectivity index (χ1v) is 6.15. The highest BCUT2D eigenvalue weighted by molar-refractivity contribution is 5.15. The largest absolute Gasteiger partial charge is 0.378 e. The van der Waals surface area contributed by atoms with E-state index < -0.39 is 0 Å². The molecule has 0 N–H and O–H groups in total. The minimum absolute atomic E-state index is 0.421. The van der Waals surface area contributed by atoms with Crippen LogP contribution in [0.2, 0.25) is 0 Å². The molecule has 1 aromatic carbocycles. The van der Waals surface area contributed by atoms with Crippen LogP contribution in [-0.2, 0) is 11.2 Å². The topological polar surface area (TPSA) is 9.23 Å². The fraction of sp³-hybridized carbons (Fsp3) is 0.467. The predicted octanol–water partition coefficient (Wildman–Crippen LogP) is 3.60. The molecule has 1 aliphatic rings. The van der Waals surface area contributed by atoms with Gasteiger partial charge in [0, 0.05) is 0 Å². The van der Waals surface area contributed by atoms with Crippen molar-refractivity contribution >= 4 is 0 Å². The van der Waals surface area contributed by atoms with Gasteiger partial charge in [-0.1, -0.05) is 36.4 Å². The summed E-state index contributed by atoms with van der Waals surface area (Å²) in [5.41, 5.74) is 1.43. The van der Waals surface area contributed by atoms with E-state index in [4.69, 9.17) is 4.74 Å². The molecule has 0 amide bonds. The highest BCUT2D eigenvalue weighted by Crippen LogP contribution is 2.24. The molecule has 2 atom stereocenters. The molecular formula is C15H20O. The van der Waals surface area contributed by atoms with Gasteiger partial charge in [0.15, 0.2) is 0 Å². The quantitative estimate of drug-likeness (QED) is 0.699. The summed E-state index contributed by atoms with van der Waals surface area (Å²) in [7, 11) is 0. The summed E-state index contributed by atoms with van der Waals surface area (Å²) in [5, 5.41) is 0. The Morgan fingerprint density at radius 1 is 1.25 bits per heavy atom. The van der Waals surface area contributed by atoms with Crippen molar-refractivity contribution in [3.63, 3.8) is 0 Å². The van der Waals surface area contributed by atoms with Gasteiger partial charge in [0.25, 0.3) is 0 Å². The van der Waals surface area contributed by atoms with Crippen LogP contribution in [0.3, 0.4) is 0 Å². The lowest BCUT2D eigenvalue weighted by molar-refractivity contribution is -0.0133. The molecule has 1 heteroatoms. The second kappa shape index (κ2) is 5.86. The molecular weight excluding hydrogens is 196 g/mol. The van der Waals surface area contributed by atoms with Crippen molar-refractivity contribution in [3.8, 4) is 0 Å². The molecule has 0 radical (unpaired) electrons. The predicted molar refractivity (Wildman–Crippen MR) is 67.4 cm³/mol. The molecule has 1 aromatic rings. The maximum Gasteiger partial charge on any atom is 0.0609 e. The van der Waals surface area contributed by atoms with Gasteiger partial charge in [-0.15, -0.1) is 6.58 Å². The van der Waals surface area contributed by atoms with Crippen molar-refractivity contribution in [3.05, 3.63) is 48.6 Å². The molecule has 1 fully saturated rings. The highest BCUT2D eigenvalue weighted by Gasteiger charge is 2.20. The number of ether oxygens (including phenoxy) is 1. The van der Waals surface area contributed by atoms with E-state index in [9.17, 15) is 0 Å². The van der Waals surface area contributed by atoms with Crippen molar-refractivity contribution in [2.75, 3.05) is 6.61 Å². The van der Waals surface area contributed by atoms with Gasteiger partial charge in [0.05, 0.1) is 12.7 Å². The number of benzene rings is 1. The lowest BCUT2D eigenvalue weighted by Crippen LogP contribution is -2.26. The minimum Gasteiger partial charge on any atom is -0.378 e. The zero-order valence-corrected chi connectivity index (χ0v) is 9.77. The summed E-state index contributed by atoms with van der Waals surface area (Å²) in [6.45, 7) is 4.67. The normalized spacial score (nSPS) is 25.2. The molecule has 1 heterocycles. The van der Waals surface area contributed by atoms with Gasteiger partial charge in [-0.3, -0.25) is 0 Å². The monoisotopic (exact) mass is 216 g/mol. The SMILES string of the molecule is C=CC[C@@H]1CC[C@H](Cc2ccccc2)CO1. The Morgan fingerprint density at radius 2 is 2.06 bits per heavy atom. The van der Waals surface area contributed by atoms with Crippen LogP contribution in [0.1, 0.15) is 24.8 Å². The fourth-order valence-electron chi connectivity index (χ4n) is 2.34. The maximum atomic E-state index is 5.83. The molecule has 16 heavy (non-hydrogen) atoms. The second-order valence-corrected chi connectivity index (χ2v) is 4.61. The van der Waals surface area contributed by atoms with Crippen LogP contribution in [0.5, 0.6) is 0 Å². The van der Waals surface area contributed by atoms with Crippen LogP contribution in [0, 0.1) is 5.92 Å². The molecule has 86 valence electrons. The summed E-state index contributed by atoms with van der Waals surface area (Å²) in [4.78, 5) is 0. The van der Waals surface area contributed by atoms with Crippen LogP contribution in [-0.4, -0.2) is 12.7 Å². The number of hydrogen-bond acceptors (Lipinski definition) is 1. The summed E-state index contributed by atoms with van der Waals surface area (Å²) < 4.78 is 5.83. The Bertz CT molecular complexity index is 309. The number of hydrogen-bond donors (Lipinski definition) is 0. The third kappa shape index (κ3) is 3.21. The molecule has 0 unspecified atom stereocenters. The van der Waals surface area contributed by atoms with E-state index in [-0.39, 0.29) is 0 Å². The third-order valence-electron chi connectivity index (χ3n) is 3.26. The zero-order chi connectivity index (χ0) is 11.2. The average Bonchev–Trinajstić information content (AvgIpc) is 2.33. The Kier molecular flexibility index (Phi) is 4.17. The Labute approximate surface area is 98.1 Å². The van der Waals surface area contributed by atoms with Gasteiger partial charge in [-0.05, 0) is 37.2 Å². The molecule has 0 saturated carbocycles. The smallest absolute Gasteiger partial charge is 0.0609 e. The van der Waals surface area contributed by atoms with Crippen molar-refractivity contribution in [1.29, 1.82) is 0 Å². The fourth-order valence-corrected chi connectivity index (χ4v) is 2.34. The van der Waals surface area contributed by atoms with Crippen molar-refractivity contribution in [2.24, 2.45) is 5.92 Å². The van der Waals surface area contributed by atoms with Crippen LogP contribution in [0.4, 0.5) is 0 Å². The zero-order valence-electron chi connectivity index (χ0n) is 9.77. The van der Waals surface area contributed by atoms with E-state index in [2.05, 4.69) is 36.9 Å². The summed E-state index contributed by atoms with van der Waals surface area (Å²) in [5.74, 6) is 0.698. The molecule has 1 nitrogen and oxygen atoms in total. The van der Waals surface area contributed by atoms with E-state index in [0.29, 0.717) is 12.0 Å². The summed E-state index contributed by atoms with van der Waals surface area (Å²) in [6.07, 6.45) is 7.00. The van der Waals surface area contributed by atoms with E-state index in [1.165, 1.54) is 18.4 Å². The van der Waals surface area contributed by atoms with Crippen molar-refractivity contribution in [1.82, 2.24) is 0 Å². The first-order chi connectivity index (χ1) is 7.88. The molecule has 0 aliphatic carbocycles. The molecule has 1 saturated heterocycles. The molecule has 1 aliphatic heterocycles. The van der Waals surface area contributed by atoms with Crippen molar-refractivity contribution in [2.45, 2.75) is 31.8 Å². The van der Waals surface area contributed by atoms with Gasteiger partial charge in [-0.25, -0.2) is 0 Å². The van der Waals surface area contributed by atoms with E-state index in [1.807, 2.05) is 6.08 Å². The van der Waals surface area contributed by atoms with Gasteiger partial charge < -0.3 is 4.74 Å². The Hall–Kier alpha value is -1.08. The lowest BCUT2D eigenvalue weighted by atomic mass is 9.91. The molecule has 0 aromatic heterocycles. The standard InChI is InChI=1S/C15H20O/c1-2-6-15-10-9-14(12-16-15)11-13-7-4-3-5-8-13/h2-5,7-8,14-15H,1,6,9-12H2/t14-,15-/m1/s1. The van der Waals surface area contributed by atoms with Crippen LogP contribution in [0.15, 0.2) is 43.0 Å². The number of rotatable bonds is 4. The Morgan fingerprint density at radius 3 is 2.69 bits per heavy atom. The first-order valence-electron chi connectivity index (χ1n) is 6.15. The summed E-state index contributed by atoms with van der Waals surface area (Å²) >= 11 is 0. The van der Waals surface area contributed by atoms with Crippen molar-refractivity contribution < 1.29 is 4.74 Å². The minimum atomic E-state index is 0.421. The Balaban J connectivity index is 1.79. The highest BCUT2D eigenvalue weighted by atomic mass is 16.5. The molecule has 0 spiro atoms. The van der Waals surface area contributed by atoms with E-state index >= 15 is 0 Å². The van der Waals surface area contributed by atoms with E-state index in [1.54, 1.807) is 0 Å². The average molecular weight is 216 g/mol. The van der Waals surface area contributed by atoms with Crippen LogP contribution < -0.4 is 0 Å². The molecule has 2 rings (SSSR count). The van der Waals surface area contributed by atoms with E-state index in [0.717, 1.165) is 19.4 Å². The molecule has 0 bridgehead atoms. The van der Waals surface area contributed by atoms with Gasteiger partial charge in [-0.2, -0.15) is 0 Å². The first kappa shape index (κ1) is 11.4. The summed E-state index contributed by atoms with van der Waals surface area (Å²) in [6, 6.07) is 10.7. The second-order valence-electron chi connectivity index (χ2n) is 4.61. The van der Waals surface area contributed by atoms with Crippen LogP contribution in [0.25, 0.3) is 0 Å². The van der Waals surface area contributed by atoms with Gasteiger partial charge in [0.2, 0.25) is 0 Å². The van der Waals surface area contributed by atoms with Crippen LogP contribution >= 0.6 is 0 Å².